The third kappa shape index (κ3) is 4.55. The van der Waals surface area contributed by atoms with E-state index in [-0.39, 0.29) is 0 Å². The number of hydrogen-bond acceptors (Lipinski definition) is 5. The fourth-order valence-corrected chi connectivity index (χ4v) is 3.67. The lowest BCUT2D eigenvalue weighted by atomic mass is 9.98. The Labute approximate surface area is 160 Å². The lowest BCUT2D eigenvalue weighted by Gasteiger charge is -2.34. The van der Waals surface area contributed by atoms with Crippen LogP contribution in [0.2, 0.25) is 0 Å². The summed E-state index contributed by atoms with van der Waals surface area (Å²) in [6.07, 6.45) is 5.38. The maximum Gasteiger partial charge on any atom is 0.133 e. The van der Waals surface area contributed by atoms with Gasteiger partial charge in [0.05, 0.1) is 11.7 Å². The van der Waals surface area contributed by atoms with E-state index in [0.717, 1.165) is 42.4 Å². The summed E-state index contributed by atoms with van der Waals surface area (Å²) in [5, 5.41) is 4.26. The van der Waals surface area contributed by atoms with Gasteiger partial charge in [-0.3, -0.25) is 9.88 Å². The molecule has 140 valence electrons. The number of piperidine rings is 1. The normalized spacial score (nSPS) is 17.7. The molecule has 3 heterocycles. The van der Waals surface area contributed by atoms with Crippen LogP contribution in [0.4, 0.5) is 0 Å². The highest BCUT2D eigenvalue weighted by molar-refractivity contribution is 5.29. The number of rotatable bonds is 6. The molecule has 0 aliphatic carbocycles. The van der Waals surface area contributed by atoms with Gasteiger partial charge in [0.1, 0.15) is 23.8 Å². The SMILES string of the molecule is Cc1cc([C@H]2CCCCN2Cc2cccc(OCc3ccccn3)c2)no1. The van der Waals surface area contributed by atoms with Gasteiger partial charge >= 0.3 is 0 Å². The van der Waals surface area contributed by atoms with Crippen molar-refractivity contribution in [3.8, 4) is 5.75 Å². The second-order valence-electron chi connectivity index (χ2n) is 7.10. The average molecular weight is 363 g/mol. The van der Waals surface area contributed by atoms with Gasteiger partial charge in [0, 0.05) is 18.8 Å². The molecule has 0 saturated carbocycles. The molecule has 0 amide bonds. The number of hydrogen-bond donors (Lipinski definition) is 0. The van der Waals surface area contributed by atoms with Crippen LogP contribution in [0.5, 0.6) is 5.75 Å². The molecular weight excluding hydrogens is 338 g/mol. The largest absolute Gasteiger partial charge is 0.487 e. The van der Waals surface area contributed by atoms with Crippen molar-refractivity contribution in [3.05, 3.63) is 77.4 Å². The van der Waals surface area contributed by atoms with Crippen LogP contribution in [0.15, 0.2) is 59.3 Å². The Kier molecular flexibility index (Phi) is 5.49. The third-order valence-corrected chi connectivity index (χ3v) is 5.00. The summed E-state index contributed by atoms with van der Waals surface area (Å²) in [6.45, 7) is 4.40. The topological polar surface area (TPSA) is 51.4 Å². The van der Waals surface area contributed by atoms with Crippen LogP contribution in [0.3, 0.4) is 0 Å². The number of aryl methyl sites for hydroxylation is 1. The van der Waals surface area contributed by atoms with Crippen LogP contribution in [-0.2, 0) is 13.2 Å². The highest BCUT2D eigenvalue weighted by Crippen LogP contribution is 2.32. The van der Waals surface area contributed by atoms with Gasteiger partial charge in [0.15, 0.2) is 0 Å². The van der Waals surface area contributed by atoms with E-state index in [2.05, 4.69) is 39.3 Å². The van der Waals surface area contributed by atoms with Crippen molar-refractivity contribution < 1.29 is 9.26 Å². The molecule has 2 aromatic heterocycles. The quantitative estimate of drug-likeness (QED) is 0.636. The van der Waals surface area contributed by atoms with Gasteiger partial charge in [-0.25, -0.2) is 0 Å². The molecule has 0 unspecified atom stereocenters. The van der Waals surface area contributed by atoms with Crippen LogP contribution >= 0.6 is 0 Å². The van der Waals surface area contributed by atoms with Crippen molar-refractivity contribution in [2.45, 2.75) is 45.4 Å². The van der Waals surface area contributed by atoms with Crippen LogP contribution in [0, 0.1) is 6.92 Å². The second-order valence-corrected chi connectivity index (χ2v) is 7.10. The molecule has 5 nitrogen and oxygen atoms in total. The molecule has 0 N–H and O–H groups in total. The monoisotopic (exact) mass is 363 g/mol. The van der Waals surface area contributed by atoms with Gasteiger partial charge < -0.3 is 9.26 Å². The zero-order valence-corrected chi connectivity index (χ0v) is 15.7. The summed E-state index contributed by atoms with van der Waals surface area (Å²) in [7, 11) is 0. The van der Waals surface area contributed by atoms with Crippen molar-refractivity contribution in [2.75, 3.05) is 6.54 Å². The van der Waals surface area contributed by atoms with Crippen LogP contribution in [0.25, 0.3) is 0 Å². The summed E-state index contributed by atoms with van der Waals surface area (Å²) in [5.41, 5.74) is 3.23. The molecule has 4 rings (SSSR count). The fourth-order valence-electron chi connectivity index (χ4n) is 3.67. The maximum absolute atomic E-state index is 5.93. The molecule has 0 spiro atoms. The minimum Gasteiger partial charge on any atom is -0.487 e. The number of likely N-dealkylation sites (tertiary alicyclic amines) is 1. The molecule has 1 aromatic carbocycles. The number of aromatic nitrogens is 2. The summed E-state index contributed by atoms with van der Waals surface area (Å²) in [5.74, 6) is 1.75. The van der Waals surface area contributed by atoms with Gasteiger partial charge in [0.2, 0.25) is 0 Å². The molecule has 0 bridgehead atoms. The van der Waals surface area contributed by atoms with E-state index in [1.807, 2.05) is 31.2 Å². The average Bonchev–Trinajstić information content (AvgIpc) is 3.14. The third-order valence-electron chi connectivity index (χ3n) is 5.00. The Balaban J connectivity index is 1.43. The van der Waals surface area contributed by atoms with Crippen LogP contribution < -0.4 is 4.74 Å². The Bertz CT molecular complexity index is 863. The number of pyridine rings is 1. The molecule has 1 atom stereocenters. The Hall–Kier alpha value is -2.66. The van der Waals surface area contributed by atoms with Crippen LogP contribution in [-0.4, -0.2) is 21.6 Å². The first-order valence-corrected chi connectivity index (χ1v) is 9.57. The molecule has 5 heteroatoms. The zero-order chi connectivity index (χ0) is 18.5. The van der Waals surface area contributed by atoms with Gasteiger partial charge in [-0.15, -0.1) is 0 Å². The molecule has 1 aliphatic heterocycles. The summed E-state index contributed by atoms with van der Waals surface area (Å²) in [6, 6.07) is 16.6. The summed E-state index contributed by atoms with van der Waals surface area (Å²) in [4.78, 5) is 6.80. The molecule has 1 aliphatic rings. The molecule has 1 saturated heterocycles. The van der Waals surface area contributed by atoms with Crippen molar-refractivity contribution in [1.29, 1.82) is 0 Å². The minimum atomic E-state index is 0.328. The van der Waals surface area contributed by atoms with E-state index in [4.69, 9.17) is 9.26 Å². The highest BCUT2D eigenvalue weighted by Gasteiger charge is 2.26. The van der Waals surface area contributed by atoms with E-state index in [9.17, 15) is 0 Å². The number of benzene rings is 1. The molecule has 3 aromatic rings. The van der Waals surface area contributed by atoms with Gasteiger partial charge in [-0.1, -0.05) is 29.8 Å². The van der Waals surface area contributed by atoms with Gasteiger partial charge in [-0.05, 0) is 56.1 Å². The van der Waals surface area contributed by atoms with Crippen molar-refractivity contribution in [2.24, 2.45) is 0 Å². The summed E-state index contributed by atoms with van der Waals surface area (Å²) >= 11 is 0. The zero-order valence-electron chi connectivity index (χ0n) is 15.7. The predicted octanol–water partition coefficient (Wildman–Crippen LogP) is 4.68. The number of ether oxygens (including phenoxy) is 1. The first-order valence-electron chi connectivity index (χ1n) is 9.57. The molecule has 0 radical (unpaired) electrons. The molecule has 1 fully saturated rings. The molecular formula is C22H25N3O2. The Morgan fingerprint density at radius 3 is 2.93 bits per heavy atom. The van der Waals surface area contributed by atoms with Crippen molar-refractivity contribution in [3.63, 3.8) is 0 Å². The maximum atomic E-state index is 5.93. The Morgan fingerprint density at radius 2 is 2.11 bits per heavy atom. The van der Waals surface area contributed by atoms with E-state index >= 15 is 0 Å². The standard InChI is InChI=1S/C22H25N3O2/c1-17-13-21(24-27-17)22-10-3-5-12-25(22)15-18-7-6-9-20(14-18)26-16-19-8-2-4-11-23-19/h2,4,6-9,11,13-14,22H,3,5,10,12,15-16H2,1H3/t22-/m1/s1. The first kappa shape index (κ1) is 17.7. The van der Waals surface area contributed by atoms with E-state index in [1.165, 1.54) is 18.4 Å². The fraction of sp³-hybridized carbons (Fsp3) is 0.364. The molecule has 27 heavy (non-hydrogen) atoms. The van der Waals surface area contributed by atoms with Gasteiger partial charge in [0.25, 0.3) is 0 Å². The minimum absolute atomic E-state index is 0.328. The predicted molar refractivity (Wildman–Crippen MR) is 103 cm³/mol. The van der Waals surface area contributed by atoms with Crippen molar-refractivity contribution in [1.82, 2.24) is 15.0 Å². The summed E-state index contributed by atoms with van der Waals surface area (Å²) < 4.78 is 11.2. The lowest BCUT2D eigenvalue weighted by Crippen LogP contribution is -2.33. The first-order chi connectivity index (χ1) is 13.3. The smallest absolute Gasteiger partial charge is 0.133 e. The van der Waals surface area contributed by atoms with Gasteiger partial charge in [-0.2, -0.15) is 0 Å². The van der Waals surface area contributed by atoms with E-state index < -0.39 is 0 Å². The van der Waals surface area contributed by atoms with E-state index in [1.54, 1.807) is 6.20 Å². The highest BCUT2D eigenvalue weighted by atomic mass is 16.5. The second kappa shape index (κ2) is 8.35. The van der Waals surface area contributed by atoms with Crippen LogP contribution in [0.1, 0.15) is 48.0 Å². The van der Waals surface area contributed by atoms with E-state index in [0.29, 0.717) is 12.6 Å². The van der Waals surface area contributed by atoms with Crippen molar-refractivity contribution >= 4 is 0 Å². The Morgan fingerprint density at radius 1 is 1.15 bits per heavy atom. The lowest BCUT2D eigenvalue weighted by molar-refractivity contribution is 0.133. The number of nitrogens with zero attached hydrogens (tertiary/aromatic N) is 3.